The number of nitrogens with zero attached hydrogens (tertiary/aromatic N) is 2. The lowest BCUT2D eigenvalue weighted by molar-refractivity contribution is 0.0517. The van der Waals surface area contributed by atoms with E-state index in [1.807, 2.05) is 36.4 Å². The minimum absolute atomic E-state index is 0.0768. The zero-order valence-electron chi connectivity index (χ0n) is 17.4. The molecule has 0 saturated heterocycles. The fourth-order valence-electron chi connectivity index (χ4n) is 3.53. The number of esters is 1. The number of hydrogen-bond acceptors (Lipinski definition) is 4. The van der Waals surface area contributed by atoms with Crippen molar-refractivity contribution in [1.82, 2.24) is 9.78 Å². The van der Waals surface area contributed by atoms with Crippen LogP contribution in [0.4, 0.5) is 4.39 Å². The first-order valence-electron chi connectivity index (χ1n) is 10.2. The van der Waals surface area contributed by atoms with E-state index in [4.69, 9.17) is 4.74 Å². The Morgan fingerprint density at radius 1 is 0.938 bits per heavy atom. The number of hydrogen-bond donors (Lipinski definition) is 0. The Morgan fingerprint density at radius 3 is 2.19 bits per heavy atom. The van der Waals surface area contributed by atoms with E-state index in [0.29, 0.717) is 22.4 Å². The second kappa shape index (κ2) is 9.39. The molecule has 0 aliphatic rings. The highest BCUT2D eigenvalue weighted by Gasteiger charge is 2.29. The lowest BCUT2D eigenvalue weighted by Crippen LogP contribution is -2.23. The van der Waals surface area contributed by atoms with E-state index in [1.165, 1.54) is 16.8 Å². The van der Waals surface area contributed by atoms with E-state index in [0.717, 1.165) is 0 Å². The third-order valence-electron chi connectivity index (χ3n) is 5.03. The van der Waals surface area contributed by atoms with Gasteiger partial charge in [-0.25, -0.2) is 13.9 Å². The number of carbonyl (C=O) groups excluding carboxylic acids is 2. The van der Waals surface area contributed by atoms with Gasteiger partial charge in [-0.2, -0.15) is 5.10 Å². The molecule has 0 bridgehead atoms. The highest BCUT2D eigenvalue weighted by Crippen LogP contribution is 2.30. The molecule has 160 valence electrons. The molecule has 6 heteroatoms. The van der Waals surface area contributed by atoms with Gasteiger partial charge in [0.05, 0.1) is 12.3 Å². The molecule has 0 aliphatic carbocycles. The monoisotopic (exact) mass is 428 g/mol. The van der Waals surface area contributed by atoms with Gasteiger partial charge >= 0.3 is 5.97 Å². The molecule has 1 unspecified atom stereocenters. The van der Waals surface area contributed by atoms with Gasteiger partial charge in [0.15, 0.2) is 11.5 Å². The molecule has 5 nitrogen and oxygen atoms in total. The SMILES string of the molecule is CCOC(=O)c1cc(-c2ccc(F)cc2)n(C(C(=O)c2ccccc2)c2ccccc2)n1. The maximum absolute atomic E-state index is 13.7. The molecule has 3 aromatic carbocycles. The summed E-state index contributed by atoms with van der Waals surface area (Å²) in [4.78, 5) is 26.1. The molecule has 0 amide bonds. The fourth-order valence-corrected chi connectivity index (χ4v) is 3.53. The Balaban J connectivity index is 1.92. The molecule has 0 spiro atoms. The standard InChI is InChI=1S/C26H21FN2O3/c1-2-32-26(31)22-17-23(18-13-15-21(27)16-14-18)29(28-22)24(19-9-5-3-6-10-19)25(30)20-11-7-4-8-12-20/h3-17,24H,2H2,1H3. The van der Waals surface area contributed by atoms with Crippen LogP contribution in [-0.4, -0.2) is 28.1 Å². The zero-order chi connectivity index (χ0) is 22.5. The smallest absolute Gasteiger partial charge is 0.358 e. The minimum Gasteiger partial charge on any atom is -0.461 e. The molecule has 0 saturated carbocycles. The van der Waals surface area contributed by atoms with Crippen molar-refractivity contribution in [2.45, 2.75) is 13.0 Å². The van der Waals surface area contributed by atoms with Crippen molar-refractivity contribution in [2.24, 2.45) is 0 Å². The summed E-state index contributed by atoms with van der Waals surface area (Å²) in [7, 11) is 0. The fraction of sp³-hybridized carbons (Fsp3) is 0.115. The molecule has 0 radical (unpaired) electrons. The Bertz CT molecular complexity index is 1220. The maximum atomic E-state index is 13.7. The summed E-state index contributed by atoms with van der Waals surface area (Å²) in [5.41, 5.74) is 2.43. The highest BCUT2D eigenvalue weighted by atomic mass is 19.1. The summed E-state index contributed by atoms with van der Waals surface area (Å²) >= 11 is 0. The van der Waals surface area contributed by atoms with Crippen LogP contribution < -0.4 is 0 Å². The van der Waals surface area contributed by atoms with Gasteiger partial charge < -0.3 is 4.74 Å². The highest BCUT2D eigenvalue weighted by molar-refractivity contribution is 6.01. The lowest BCUT2D eigenvalue weighted by Gasteiger charge is -2.20. The summed E-state index contributed by atoms with van der Waals surface area (Å²) in [6.45, 7) is 1.91. The molecule has 1 aromatic heterocycles. The van der Waals surface area contributed by atoms with E-state index >= 15 is 0 Å². The summed E-state index contributed by atoms with van der Waals surface area (Å²) in [6.07, 6.45) is 0. The number of aromatic nitrogens is 2. The van der Waals surface area contributed by atoms with Crippen molar-refractivity contribution in [1.29, 1.82) is 0 Å². The van der Waals surface area contributed by atoms with Crippen LogP contribution in [0.25, 0.3) is 11.3 Å². The van der Waals surface area contributed by atoms with Gasteiger partial charge in [-0.15, -0.1) is 0 Å². The van der Waals surface area contributed by atoms with Gasteiger partial charge in [-0.3, -0.25) is 4.79 Å². The van der Waals surface area contributed by atoms with Crippen LogP contribution in [0.5, 0.6) is 0 Å². The molecule has 32 heavy (non-hydrogen) atoms. The van der Waals surface area contributed by atoms with Gasteiger partial charge in [-0.05, 0) is 42.8 Å². The van der Waals surface area contributed by atoms with Crippen LogP contribution >= 0.6 is 0 Å². The predicted octanol–water partition coefficient (Wildman–Crippen LogP) is 5.34. The van der Waals surface area contributed by atoms with Crippen molar-refractivity contribution < 1.29 is 18.7 Å². The third-order valence-corrected chi connectivity index (χ3v) is 5.03. The second-order valence-electron chi connectivity index (χ2n) is 7.13. The Labute approximate surface area is 185 Å². The van der Waals surface area contributed by atoms with Crippen molar-refractivity contribution in [3.8, 4) is 11.3 Å². The summed E-state index contributed by atoms with van der Waals surface area (Å²) in [5, 5.41) is 4.48. The van der Waals surface area contributed by atoms with E-state index in [-0.39, 0.29) is 23.9 Å². The summed E-state index contributed by atoms with van der Waals surface area (Å²) < 4.78 is 20.2. The molecule has 4 aromatic rings. The van der Waals surface area contributed by atoms with Crippen molar-refractivity contribution in [3.63, 3.8) is 0 Å². The third kappa shape index (κ3) is 4.34. The molecule has 1 heterocycles. The number of ether oxygens (including phenoxy) is 1. The molecule has 1 atom stereocenters. The molecule has 0 aliphatic heterocycles. The second-order valence-corrected chi connectivity index (χ2v) is 7.13. The van der Waals surface area contributed by atoms with Gasteiger partial charge in [-0.1, -0.05) is 60.7 Å². The van der Waals surface area contributed by atoms with Gasteiger partial charge in [0.2, 0.25) is 0 Å². The minimum atomic E-state index is -0.832. The number of benzene rings is 3. The van der Waals surface area contributed by atoms with Crippen LogP contribution in [0.15, 0.2) is 91.0 Å². The van der Waals surface area contributed by atoms with Crippen LogP contribution in [0.3, 0.4) is 0 Å². The first-order valence-corrected chi connectivity index (χ1v) is 10.2. The molecular weight excluding hydrogens is 407 g/mol. The topological polar surface area (TPSA) is 61.2 Å². The number of rotatable bonds is 7. The van der Waals surface area contributed by atoms with E-state index in [9.17, 15) is 14.0 Å². The quantitative estimate of drug-likeness (QED) is 0.295. The van der Waals surface area contributed by atoms with Crippen LogP contribution in [0.1, 0.15) is 39.4 Å². The number of ketones is 1. The number of halogens is 1. The first kappa shape index (κ1) is 21.2. The van der Waals surface area contributed by atoms with Crippen LogP contribution in [0, 0.1) is 5.82 Å². The zero-order valence-corrected chi connectivity index (χ0v) is 17.4. The van der Waals surface area contributed by atoms with Crippen molar-refractivity contribution in [2.75, 3.05) is 6.61 Å². The predicted molar refractivity (Wildman–Crippen MR) is 119 cm³/mol. The molecular formula is C26H21FN2O3. The van der Waals surface area contributed by atoms with Gasteiger partial charge in [0.1, 0.15) is 11.9 Å². The number of carbonyl (C=O) groups is 2. The molecule has 4 rings (SSSR count). The Hall–Kier alpha value is -4.06. The lowest BCUT2D eigenvalue weighted by atomic mass is 9.97. The largest absolute Gasteiger partial charge is 0.461 e. The first-order chi connectivity index (χ1) is 15.6. The maximum Gasteiger partial charge on any atom is 0.358 e. The van der Waals surface area contributed by atoms with E-state index in [1.54, 1.807) is 49.4 Å². The Morgan fingerprint density at radius 2 is 1.56 bits per heavy atom. The average molecular weight is 428 g/mol. The van der Waals surface area contributed by atoms with Crippen molar-refractivity contribution in [3.05, 3.63) is 114 Å². The van der Waals surface area contributed by atoms with Crippen molar-refractivity contribution >= 4 is 11.8 Å². The average Bonchev–Trinajstić information content (AvgIpc) is 3.26. The van der Waals surface area contributed by atoms with E-state index < -0.39 is 12.0 Å². The Kier molecular flexibility index (Phi) is 6.22. The van der Waals surface area contributed by atoms with Gasteiger partial charge in [0.25, 0.3) is 0 Å². The molecule has 0 N–H and O–H groups in total. The van der Waals surface area contributed by atoms with Gasteiger partial charge in [0, 0.05) is 11.1 Å². The van der Waals surface area contributed by atoms with Crippen LogP contribution in [-0.2, 0) is 4.74 Å². The number of Topliss-reactive ketones (excluding diaryl/α,β-unsaturated/α-hetero) is 1. The normalized spacial score (nSPS) is 11.7. The molecule has 0 fully saturated rings. The van der Waals surface area contributed by atoms with Crippen LogP contribution in [0.2, 0.25) is 0 Å². The summed E-state index contributed by atoms with van der Waals surface area (Å²) in [5.74, 6) is -1.15. The van der Waals surface area contributed by atoms with E-state index in [2.05, 4.69) is 5.10 Å². The summed E-state index contributed by atoms with van der Waals surface area (Å²) in [6, 6.07) is 24.7.